The molecule has 1 aliphatic heterocycles. The van der Waals surface area contributed by atoms with E-state index in [2.05, 4.69) is 0 Å². The van der Waals surface area contributed by atoms with Crippen molar-refractivity contribution < 1.29 is 22.8 Å². The van der Waals surface area contributed by atoms with Crippen LogP contribution >= 0.6 is 0 Å². The number of Topliss-reactive ketones (excluding diaryl/α,β-unsaturated/α-hetero) is 1. The second kappa shape index (κ2) is 4.12. The molecule has 96 valence electrons. The first kappa shape index (κ1) is 12.6. The lowest BCUT2D eigenvalue weighted by molar-refractivity contribution is -0.137. The number of halogens is 3. The first-order valence-corrected chi connectivity index (χ1v) is 5.33. The van der Waals surface area contributed by atoms with Crippen molar-refractivity contribution in [1.29, 1.82) is 0 Å². The monoisotopic (exact) mass is 257 g/mol. The number of ketones is 1. The van der Waals surface area contributed by atoms with E-state index in [0.29, 0.717) is 5.56 Å². The molecule has 0 unspecified atom stereocenters. The van der Waals surface area contributed by atoms with Gasteiger partial charge in [-0.05, 0) is 24.6 Å². The second-order valence-corrected chi connectivity index (χ2v) is 4.13. The number of aryl methyl sites for hydroxylation is 1. The summed E-state index contributed by atoms with van der Waals surface area (Å²) in [4.78, 5) is 23.8. The summed E-state index contributed by atoms with van der Waals surface area (Å²) in [5.41, 5.74) is -0.137. The molecule has 1 fully saturated rings. The highest BCUT2D eigenvalue weighted by atomic mass is 19.4. The number of anilines is 1. The molecule has 2 rings (SSSR count). The van der Waals surface area contributed by atoms with E-state index in [9.17, 15) is 22.8 Å². The molecule has 1 amide bonds. The second-order valence-electron chi connectivity index (χ2n) is 4.13. The van der Waals surface area contributed by atoms with Crippen molar-refractivity contribution in [3.05, 3.63) is 29.3 Å². The molecule has 1 saturated heterocycles. The van der Waals surface area contributed by atoms with Crippen LogP contribution in [0.3, 0.4) is 0 Å². The van der Waals surface area contributed by atoms with Crippen LogP contribution in [0.4, 0.5) is 18.9 Å². The van der Waals surface area contributed by atoms with Crippen molar-refractivity contribution in [3.63, 3.8) is 0 Å². The maximum absolute atomic E-state index is 12.6. The van der Waals surface area contributed by atoms with Crippen LogP contribution in [-0.2, 0) is 15.8 Å². The molecular formula is C12H10F3NO2. The van der Waals surface area contributed by atoms with Crippen molar-refractivity contribution in [1.82, 2.24) is 0 Å². The molecule has 3 nitrogen and oxygen atoms in total. The van der Waals surface area contributed by atoms with Crippen LogP contribution in [0.25, 0.3) is 0 Å². The summed E-state index contributed by atoms with van der Waals surface area (Å²) in [7, 11) is 0. The minimum Gasteiger partial charge on any atom is -0.305 e. The van der Waals surface area contributed by atoms with Gasteiger partial charge in [0.25, 0.3) is 5.91 Å². The Morgan fingerprint density at radius 2 is 1.89 bits per heavy atom. The third-order valence-corrected chi connectivity index (χ3v) is 2.87. The molecule has 6 heteroatoms. The number of hydrogen-bond acceptors (Lipinski definition) is 2. The van der Waals surface area contributed by atoms with Gasteiger partial charge in [0.05, 0.1) is 5.56 Å². The zero-order valence-corrected chi connectivity index (χ0v) is 9.54. The number of benzene rings is 1. The van der Waals surface area contributed by atoms with E-state index in [1.54, 1.807) is 6.92 Å². The van der Waals surface area contributed by atoms with Gasteiger partial charge >= 0.3 is 6.18 Å². The van der Waals surface area contributed by atoms with Crippen LogP contribution in [0.2, 0.25) is 0 Å². The average molecular weight is 257 g/mol. The lowest BCUT2D eigenvalue weighted by Crippen LogP contribution is -2.28. The molecule has 18 heavy (non-hydrogen) atoms. The van der Waals surface area contributed by atoms with E-state index in [-0.39, 0.29) is 18.7 Å². The minimum absolute atomic E-state index is 0.0501. The summed E-state index contributed by atoms with van der Waals surface area (Å²) in [6, 6.07) is 3.17. The highest BCUT2D eigenvalue weighted by Gasteiger charge is 2.34. The summed E-state index contributed by atoms with van der Waals surface area (Å²) in [6.07, 6.45) is -4.41. The van der Waals surface area contributed by atoms with Gasteiger partial charge in [0.2, 0.25) is 5.78 Å². The fraction of sp³-hybridized carbons (Fsp3) is 0.333. The van der Waals surface area contributed by atoms with Gasteiger partial charge in [-0.15, -0.1) is 0 Å². The van der Waals surface area contributed by atoms with Gasteiger partial charge in [0.1, 0.15) is 0 Å². The zero-order valence-electron chi connectivity index (χ0n) is 9.54. The van der Waals surface area contributed by atoms with E-state index < -0.39 is 23.4 Å². The van der Waals surface area contributed by atoms with Crippen molar-refractivity contribution >= 4 is 17.4 Å². The number of hydrogen-bond donors (Lipinski definition) is 0. The van der Waals surface area contributed by atoms with Gasteiger partial charge in [-0.3, -0.25) is 9.59 Å². The molecule has 1 aromatic carbocycles. The maximum Gasteiger partial charge on any atom is 0.416 e. The van der Waals surface area contributed by atoms with Crippen molar-refractivity contribution in [3.8, 4) is 0 Å². The Kier molecular flexibility index (Phi) is 2.88. The van der Waals surface area contributed by atoms with Crippen LogP contribution in [0, 0.1) is 6.92 Å². The topological polar surface area (TPSA) is 37.4 Å². The summed E-state index contributed by atoms with van der Waals surface area (Å²) < 4.78 is 37.8. The number of carbonyl (C=O) groups is 2. The van der Waals surface area contributed by atoms with Crippen LogP contribution in [0.5, 0.6) is 0 Å². The molecule has 1 aliphatic rings. The first-order chi connectivity index (χ1) is 8.30. The van der Waals surface area contributed by atoms with Crippen molar-refractivity contribution in [2.45, 2.75) is 19.5 Å². The molecule has 0 spiro atoms. The third kappa shape index (κ3) is 2.10. The van der Waals surface area contributed by atoms with Gasteiger partial charge in [-0.25, -0.2) is 0 Å². The Morgan fingerprint density at radius 3 is 2.39 bits per heavy atom. The van der Waals surface area contributed by atoms with Gasteiger partial charge < -0.3 is 4.90 Å². The Bertz CT molecular complexity index is 523. The van der Waals surface area contributed by atoms with Crippen molar-refractivity contribution in [2.75, 3.05) is 11.4 Å². The highest BCUT2D eigenvalue weighted by Crippen LogP contribution is 2.34. The summed E-state index contributed by atoms with van der Waals surface area (Å²) in [6.45, 7) is 1.74. The Balaban J connectivity index is 2.45. The number of alkyl halides is 3. The fourth-order valence-electron chi connectivity index (χ4n) is 1.88. The smallest absolute Gasteiger partial charge is 0.305 e. The Labute approximate surface area is 101 Å². The lowest BCUT2D eigenvalue weighted by Gasteiger charge is -2.19. The van der Waals surface area contributed by atoms with E-state index in [1.165, 1.54) is 6.07 Å². The molecule has 0 radical (unpaired) electrons. The molecule has 0 N–H and O–H groups in total. The molecule has 1 heterocycles. The largest absolute Gasteiger partial charge is 0.416 e. The SMILES string of the molecule is Cc1ccc(C(F)(F)F)cc1N1CCC(=O)C1=O. The predicted molar refractivity (Wildman–Crippen MR) is 58.2 cm³/mol. The molecular weight excluding hydrogens is 247 g/mol. The van der Waals surface area contributed by atoms with E-state index >= 15 is 0 Å². The molecule has 0 aliphatic carbocycles. The Morgan fingerprint density at radius 1 is 1.22 bits per heavy atom. The van der Waals surface area contributed by atoms with E-state index in [0.717, 1.165) is 17.0 Å². The van der Waals surface area contributed by atoms with Crippen molar-refractivity contribution in [2.24, 2.45) is 0 Å². The van der Waals surface area contributed by atoms with Gasteiger partial charge in [0.15, 0.2) is 0 Å². The molecule has 0 bridgehead atoms. The fourth-order valence-corrected chi connectivity index (χ4v) is 1.88. The van der Waals surface area contributed by atoms with E-state index in [1.807, 2.05) is 0 Å². The summed E-state index contributed by atoms with van der Waals surface area (Å²) >= 11 is 0. The predicted octanol–water partition coefficient (Wildman–Crippen LogP) is 2.32. The van der Waals surface area contributed by atoms with Crippen LogP contribution in [0.1, 0.15) is 17.5 Å². The van der Waals surface area contributed by atoms with E-state index in [4.69, 9.17) is 0 Å². The zero-order chi connectivity index (χ0) is 13.5. The standard InChI is InChI=1S/C12H10F3NO2/c1-7-2-3-8(12(13,14)15)6-9(7)16-5-4-10(17)11(16)18/h2-3,6H,4-5H2,1H3. The van der Waals surface area contributed by atoms with Gasteiger partial charge in [-0.2, -0.15) is 13.2 Å². The van der Waals surface area contributed by atoms with Crippen LogP contribution in [0.15, 0.2) is 18.2 Å². The molecule has 1 aromatic rings. The van der Waals surface area contributed by atoms with Gasteiger partial charge in [-0.1, -0.05) is 6.07 Å². The first-order valence-electron chi connectivity index (χ1n) is 5.33. The third-order valence-electron chi connectivity index (χ3n) is 2.87. The summed E-state index contributed by atoms with van der Waals surface area (Å²) in [5.74, 6) is -1.30. The number of rotatable bonds is 1. The Hall–Kier alpha value is -1.85. The lowest BCUT2D eigenvalue weighted by atomic mass is 10.1. The number of carbonyl (C=O) groups excluding carboxylic acids is 2. The highest BCUT2D eigenvalue weighted by molar-refractivity contribution is 6.43. The molecule has 0 atom stereocenters. The number of amides is 1. The molecule has 0 aromatic heterocycles. The minimum atomic E-state index is -4.46. The quantitative estimate of drug-likeness (QED) is 0.724. The normalized spacial score (nSPS) is 16.6. The van der Waals surface area contributed by atoms with Gasteiger partial charge in [0, 0.05) is 18.7 Å². The average Bonchev–Trinajstić information content (AvgIpc) is 2.59. The maximum atomic E-state index is 12.6. The molecule has 0 saturated carbocycles. The summed E-state index contributed by atoms with van der Waals surface area (Å²) in [5, 5.41) is 0. The van der Waals surface area contributed by atoms with Crippen LogP contribution < -0.4 is 4.90 Å². The number of nitrogens with zero attached hydrogens (tertiary/aromatic N) is 1. The van der Waals surface area contributed by atoms with Crippen LogP contribution in [-0.4, -0.2) is 18.2 Å².